The second-order valence-electron chi connectivity index (χ2n) is 3.66. The van der Waals surface area contributed by atoms with Crippen LogP contribution in [0.5, 0.6) is 0 Å². The van der Waals surface area contributed by atoms with Crippen LogP contribution in [0.25, 0.3) is 0 Å². The molecule has 0 spiro atoms. The minimum absolute atomic E-state index is 0.215. The Morgan fingerprint density at radius 2 is 1.53 bits per heavy atom. The van der Waals surface area contributed by atoms with E-state index in [-0.39, 0.29) is 9.79 Å². The van der Waals surface area contributed by atoms with E-state index in [4.69, 9.17) is 0 Å². The van der Waals surface area contributed by atoms with Gasteiger partial charge in [-0.15, -0.1) is 0 Å². The average Bonchev–Trinajstić information content (AvgIpc) is 2.33. The predicted molar refractivity (Wildman–Crippen MR) is 89.1 cm³/mol. The third-order valence-corrected chi connectivity index (χ3v) is 7.36. The van der Waals surface area contributed by atoms with Crippen molar-refractivity contribution >= 4 is 73.6 Å². The van der Waals surface area contributed by atoms with Crippen LogP contribution in [0.3, 0.4) is 0 Å². The molecule has 0 aliphatic carbocycles. The van der Waals surface area contributed by atoms with Gasteiger partial charge in [0.05, 0.1) is 14.3 Å². The third kappa shape index (κ3) is 3.32. The molecule has 100 valence electrons. The van der Waals surface area contributed by atoms with Crippen molar-refractivity contribution in [2.75, 3.05) is 0 Å². The molecule has 0 saturated carbocycles. The molecule has 0 atom stereocenters. The molecule has 0 radical (unpaired) electrons. The van der Waals surface area contributed by atoms with E-state index in [9.17, 15) is 8.42 Å². The van der Waals surface area contributed by atoms with Crippen molar-refractivity contribution in [2.45, 2.75) is 9.79 Å². The molecule has 0 N–H and O–H groups in total. The largest absolute Gasteiger partial charge is 0.218 e. The van der Waals surface area contributed by atoms with Crippen molar-refractivity contribution in [3.63, 3.8) is 0 Å². The maximum atomic E-state index is 12.6. The molecule has 0 bridgehead atoms. The number of hydrogen-bond acceptors (Lipinski definition) is 2. The lowest BCUT2D eigenvalue weighted by Crippen LogP contribution is -2.03. The molecule has 19 heavy (non-hydrogen) atoms. The van der Waals surface area contributed by atoms with E-state index in [2.05, 4.69) is 63.7 Å². The number of rotatable bonds is 2. The van der Waals surface area contributed by atoms with E-state index in [0.717, 1.165) is 4.47 Å². The molecule has 0 aliphatic rings. The summed E-state index contributed by atoms with van der Waals surface area (Å²) in [5, 5.41) is 0. The maximum Gasteiger partial charge on any atom is 0.207 e. The molecule has 0 fully saturated rings. The first-order valence-electron chi connectivity index (χ1n) is 4.97. The van der Waals surface area contributed by atoms with Gasteiger partial charge in [0.1, 0.15) is 0 Å². The summed E-state index contributed by atoms with van der Waals surface area (Å²) in [7, 11) is -3.57. The zero-order valence-corrected chi connectivity index (χ0v) is 16.4. The van der Waals surface area contributed by atoms with Crippen molar-refractivity contribution < 1.29 is 8.42 Å². The quantitative estimate of drug-likeness (QED) is 0.473. The average molecular weight is 534 g/mol. The first-order valence-corrected chi connectivity index (χ1v) is 9.63. The molecule has 2 aromatic rings. The summed E-state index contributed by atoms with van der Waals surface area (Å²) >= 11 is 13.2. The zero-order valence-electron chi connectivity index (χ0n) is 9.20. The standard InChI is InChI=1S/C12H6Br4O2S/c13-7-2-1-3-9(4-7)19(17,18)11-6-8(14)5-10(15)12(11)16/h1-6H. The Bertz CT molecular complexity index is 741. The van der Waals surface area contributed by atoms with Crippen LogP contribution in [0.2, 0.25) is 0 Å². The van der Waals surface area contributed by atoms with Gasteiger partial charge in [-0.25, -0.2) is 8.42 Å². The monoisotopic (exact) mass is 530 g/mol. The molecule has 0 saturated heterocycles. The van der Waals surface area contributed by atoms with Crippen molar-refractivity contribution in [3.8, 4) is 0 Å². The van der Waals surface area contributed by atoms with Crippen LogP contribution in [-0.2, 0) is 9.84 Å². The molecule has 0 heterocycles. The summed E-state index contributed by atoms with van der Waals surface area (Å²) < 4.78 is 27.8. The fourth-order valence-corrected chi connectivity index (χ4v) is 5.84. The molecular weight excluding hydrogens is 528 g/mol. The lowest BCUT2D eigenvalue weighted by molar-refractivity contribution is 0.595. The van der Waals surface area contributed by atoms with Gasteiger partial charge in [0.2, 0.25) is 9.84 Å². The lowest BCUT2D eigenvalue weighted by atomic mass is 10.4. The number of hydrogen-bond donors (Lipinski definition) is 0. The summed E-state index contributed by atoms with van der Waals surface area (Å²) in [5.41, 5.74) is 0. The van der Waals surface area contributed by atoms with Crippen LogP contribution in [0.1, 0.15) is 0 Å². The highest BCUT2D eigenvalue weighted by Gasteiger charge is 2.22. The van der Waals surface area contributed by atoms with E-state index < -0.39 is 9.84 Å². The topological polar surface area (TPSA) is 34.1 Å². The SMILES string of the molecule is O=S(=O)(c1cccc(Br)c1)c1cc(Br)cc(Br)c1Br. The molecular formula is C12H6Br4O2S. The summed E-state index contributed by atoms with van der Waals surface area (Å²) in [6.07, 6.45) is 0. The van der Waals surface area contributed by atoms with E-state index in [1.807, 2.05) is 0 Å². The first kappa shape index (κ1) is 15.7. The summed E-state index contributed by atoms with van der Waals surface area (Å²) in [4.78, 5) is 0.458. The van der Waals surface area contributed by atoms with Gasteiger partial charge in [0, 0.05) is 13.4 Å². The van der Waals surface area contributed by atoms with Crippen molar-refractivity contribution in [1.82, 2.24) is 0 Å². The van der Waals surface area contributed by atoms with Crippen LogP contribution in [0, 0.1) is 0 Å². The zero-order chi connectivity index (χ0) is 14.2. The Balaban J connectivity index is 2.70. The van der Waals surface area contributed by atoms with E-state index in [0.29, 0.717) is 13.4 Å². The van der Waals surface area contributed by atoms with E-state index >= 15 is 0 Å². The Hall–Kier alpha value is 0.310. The summed E-state index contributed by atoms with van der Waals surface area (Å²) in [5.74, 6) is 0. The highest BCUT2D eigenvalue weighted by atomic mass is 79.9. The second kappa shape index (κ2) is 5.97. The van der Waals surface area contributed by atoms with E-state index in [1.54, 1.807) is 36.4 Å². The molecule has 7 heteroatoms. The molecule has 2 nitrogen and oxygen atoms in total. The fraction of sp³-hybridized carbons (Fsp3) is 0. The van der Waals surface area contributed by atoms with Crippen molar-refractivity contribution in [2.24, 2.45) is 0 Å². The molecule has 0 aromatic heterocycles. The number of benzene rings is 2. The Labute approximate surface area is 145 Å². The normalized spacial score (nSPS) is 11.6. The lowest BCUT2D eigenvalue weighted by Gasteiger charge is -2.09. The van der Waals surface area contributed by atoms with Gasteiger partial charge in [-0.3, -0.25) is 0 Å². The summed E-state index contributed by atoms with van der Waals surface area (Å²) in [6, 6.07) is 9.98. The van der Waals surface area contributed by atoms with Crippen LogP contribution in [-0.4, -0.2) is 8.42 Å². The van der Waals surface area contributed by atoms with Crippen LogP contribution < -0.4 is 0 Å². The van der Waals surface area contributed by atoms with Crippen LogP contribution in [0.15, 0.2) is 64.1 Å². The molecule has 0 amide bonds. The van der Waals surface area contributed by atoms with Gasteiger partial charge >= 0.3 is 0 Å². The Kier molecular flexibility index (Phi) is 4.93. The summed E-state index contributed by atoms with van der Waals surface area (Å²) in [6.45, 7) is 0. The minimum atomic E-state index is -3.57. The Morgan fingerprint density at radius 3 is 2.16 bits per heavy atom. The molecule has 2 rings (SSSR count). The van der Waals surface area contributed by atoms with Gasteiger partial charge in [-0.05, 0) is 62.2 Å². The minimum Gasteiger partial charge on any atom is -0.218 e. The highest BCUT2D eigenvalue weighted by Crippen LogP contribution is 2.36. The first-order chi connectivity index (χ1) is 8.82. The van der Waals surface area contributed by atoms with Crippen LogP contribution in [0.4, 0.5) is 0 Å². The Morgan fingerprint density at radius 1 is 0.842 bits per heavy atom. The van der Waals surface area contributed by atoms with Crippen LogP contribution >= 0.6 is 63.7 Å². The van der Waals surface area contributed by atoms with Gasteiger partial charge in [0.25, 0.3) is 0 Å². The van der Waals surface area contributed by atoms with Gasteiger partial charge in [0.15, 0.2) is 0 Å². The van der Waals surface area contributed by atoms with Gasteiger partial charge < -0.3 is 0 Å². The molecule has 0 aliphatic heterocycles. The fourth-order valence-electron chi connectivity index (χ4n) is 1.49. The van der Waals surface area contributed by atoms with Crippen molar-refractivity contribution in [3.05, 3.63) is 54.3 Å². The second-order valence-corrected chi connectivity index (χ2v) is 9.06. The predicted octanol–water partition coefficient (Wildman–Crippen LogP) is 5.57. The third-order valence-electron chi connectivity index (χ3n) is 2.36. The van der Waals surface area contributed by atoms with E-state index in [1.165, 1.54) is 0 Å². The molecule has 2 aromatic carbocycles. The maximum absolute atomic E-state index is 12.6. The van der Waals surface area contributed by atoms with Crippen molar-refractivity contribution in [1.29, 1.82) is 0 Å². The van der Waals surface area contributed by atoms with Gasteiger partial charge in [-0.1, -0.05) is 37.9 Å². The highest BCUT2D eigenvalue weighted by molar-refractivity contribution is 9.13. The number of sulfone groups is 1. The van der Waals surface area contributed by atoms with Gasteiger partial charge in [-0.2, -0.15) is 0 Å². The molecule has 0 unspecified atom stereocenters. The smallest absolute Gasteiger partial charge is 0.207 e. The number of halogens is 4.